The third kappa shape index (κ3) is 5.11. The third-order valence-electron chi connectivity index (χ3n) is 3.43. The van der Waals surface area contributed by atoms with Crippen LogP contribution in [0.25, 0.3) is 0 Å². The Morgan fingerprint density at radius 1 is 1.12 bits per heavy atom. The minimum absolute atomic E-state index is 0.102. The molecule has 0 saturated heterocycles. The van der Waals surface area contributed by atoms with Gasteiger partial charge in [-0.2, -0.15) is 26.3 Å². The number of hydrogen-bond acceptors (Lipinski definition) is 3. The molecule has 0 fully saturated rings. The van der Waals surface area contributed by atoms with Gasteiger partial charge < -0.3 is 14.8 Å². The summed E-state index contributed by atoms with van der Waals surface area (Å²) in [7, 11) is 0.948. The summed E-state index contributed by atoms with van der Waals surface area (Å²) >= 11 is 1.43. The molecule has 3 nitrogen and oxygen atoms in total. The van der Waals surface area contributed by atoms with Crippen molar-refractivity contribution in [3.05, 3.63) is 45.0 Å². The quantitative estimate of drug-likeness (QED) is 0.182. The number of rotatable bonds is 8. The first-order valence-corrected chi connectivity index (χ1v) is 8.46. The van der Waals surface area contributed by atoms with Crippen LogP contribution < -0.4 is 5.32 Å². The molecule has 26 heavy (non-hydrogen) atoms. The number of alkyl halides is 6. The zero-order valence-electron chi connectivity index (χ0n) is 14.0. The second kappa shape index (κ2) is 9.38. The van der Waals surface area contributed by atoms with Gasteiger partial charge in [0.2, 0.25) is 0 Å². The largest absolute Gasteiger partial charge is 0.430 e. The van der Waals surface area contributed by atoms with Crippen LogP contribution in [0.3, 0.4) is 0 Å². The van der Waals surface area contributed by atoms with Gasteiger partial charge in [0.05, 0.1) is 0 Å². The molecule has 0 heterocycles. The molecule has 0 aliphatic heterocycles. The Balaban J connectivity index is 3.45. The molecule has 0 saturated carbocycles. The van der Waals surface area contributed by atoms with Gasteiger partial charge in [-0.3, -0.25) is 0 Å². The highest BCUT2D eigenvalue weighted by molar-refractivity contribution is 14.1. The van der Waals surface area contributed by atoms with Crippen molar-refractivity contribution in [3.8, 4) is 0 Å². The predicted octanol–water partition coefficient (Wildman–Crippen LogP) is 4.90. The highest BCUT2D eigenvalue weighted by Crippen LogP contribution is 2.54. The van der Waals surface area contributed by atoms with E-state index in [1.165, 1.54) is 34.7 Å². The number of benzene rings is 1. The molecule has 0 aliphatic carbocycles. The zero-order valence-corrected chi connectivity index (χ0v) is 16.1. The Hall–Kier alpha value is -0.850. The third-order valence-corrected chi connectivity index (χ3v) is 4.37. The molecule has 0 aromatic heterocycles. The summed E-state index contributed by atoms with van der Waals surface area (Å²) in [6, 6.07) is 3.52. The van der Waals surface area contributed by atoms with Crippen LogP contribution in [-0.4, -0.2) is 32.8 Å². The second-order valence-electron chi connectivity index (χ2n) is 5.24. The summed E-state index contributed by atoms with van der Waals surface area (Å²) in [6.45, 7) is 1.16. The first-order valence-electron chi connectivity index (χ1n) is 7.38. The van der Waals surface area contributed by atoms with Crippen LogP contribution in [0.1, 0.15) is 18.1 Å². The number of halogens is 7. The monoisotopic (exact) mass is 497 g/mol. The summed E-state index contributed by atoms with van der Waals surface area (Å²) in [5.41, 5.74) is -5.23. The van der Waals surface area contributed by atoms with Gasteiger partial charge in [-0.05, 0) is 47.2 Å². The van der Waals surface area contributed by atoms with Crippen molar-refractivity contribution >= 4 is 22.6 Å². The Morgan fingerprint density at radius 2 is 1.73 bits per heavy atom. The van der Waals surface area contributed by atoms with Gasteiger partial charge in [0, 0.05) is 29.3 Å². The molecule has 0 amide bonds. The molecule has 148 valence electrons. The highest BCUT2D eigenvalue weighted by Gasteiger charge is 2.74. The lowest BCUT2D eigenvalue weighted by molar-refractivity contribution is -0.400. The van der Waals surface area contributed by atoms with Crippen LogP contribution in [0, 0.1) is 3.57 Å². The average Bonchev–Trinajstić information content (AvgIpc) is 2.52. The molecule has 1 aromatic carbocycles. The Labute approximate surface area is 160 Å². The lowest BCUT2D eigenvalue weighted by Crippen LogP contribution is -2.56. The lowest BCUT2D eigenvalue weighted by atomic mass is 9.90. The molecular formula is C16H18F6INO2. The van der Waals surface area contributed by atoms with Crippen LogP contribution in [0.4, 0.5) is 26.3 Å². The molecule has 0 bridgehead atoms. The number of hydrogen-bond donors (Lipinski definition) is 1. The molecular weight excluding hydrogens is 479 g/mol. The molecule has 0 radical (unpaired) electrons. The minimum Gasteiger partial charge on any atom is -0.359 e. The van der Waals surface area contributed by atoms with E-state index in [0.29, 0.717) is 6.54 Å². The van der Waals surface area contributed by atoms with Gasteiger partial charge in [-0.25, -0.2) is 0 Å². The summed E-state index contributed by atoms with van der Waals surface area (Å²) in [5.74, 6) is 0. The number of allylic oxidation sites excluding steroid dienone is 1. The van der Waals surface area contributed by atoms with E-state index in [0.717, 1.165) is 13.2 Å². The summed E-state index contributed by atoms with van der Waals surface area (Å²) in [5, 5.41) is 2.90. The Morgan fingerprint density at radius 3 is 2.23 bits per heavy atom. The van der Waals surface area contributed by atoms with E-state index in [2.05, 4.69) is 14.8 Å². The molecule has 0 aliphatic rings. The van der Waals surface area contributed by atoms with E-state index in [1.54, 1.807) is 19.1 Å². The van der Waals surface area contributed by atoms with Crippen LogP contribution >= 0.6 is 22.6 Å². The maximum Gasteiger partial charge on any atom is 0.430 e. The van der Waals surface area contributed by atoms with E-state index in [-0.39, 0.29) is 15.7 Å². The van der Waals surface area contributed by atoms with Crippen molar-refractivity contribution < 1.29 is 35.8 Å². The van der Waals surface area contributed by atoms with Crippen LogP contribution in [0.15, 0.2) is 30.4 Å². The number of nitrogens with one attached hydrogen (secondary N) is 1. The minimum atomic E-state index is -5.74. The van der Waals surface area contributed by atoms with Crippen LogP contribution in [0.2, 0.25) is 0 Å². The fraction of sp³-hybridized carbons (Fsp3) is 0.500. The normalized spacial score (nSPS) is 13.6. The van der Waals surface area contributed by atoms with Gasteiger partial charge in [0.25, 0.3) is 5.60 Å². The Bertz CT molecular complexity index is 602. The van der Waals surface area contributed by atoms with Crippen molar-refractivity contribution in [2.75, 3.05) is 20.4 Å². The molecule has 1 N–H and O–H groups in total. The van der Waals surface area contributed by atoms with Gasteiger partial charge in [0.1, 0.15) is 6.79 Å². The lowest BCUT2D eigenvalue weighted by Gasteiger charge is -2.37. The van der Waals surface area contributed by atoms with E-state index in [4.69, 9.17) is 0 Å². The first kappa shape index (κ1) is 23.2. The fourth-order valence-corrected chi connectivity index (χ4v) is 2.94. The van der Waals surface area contributed by atoms with E-state index < -0.39 is 30.3 Å². The summed E-state index contributed by atoms with van der Waals surface area (Å²) < 4.78 is 90.1. The SMILES string of the molecule is CC=CCNCc1ccc(I)c(C(OCOC)(C(F)(F)F)C(F)(F)F)c1. The maximum absolute atomic E-state index is 13.6. The van der Waals surface area contributed by atoms with Crippen molar-refractivity contribution in [1.29, 1.82) is 0 Å². The molecule has 0 atom stereocenters. The average molecular weight is 497 g/mol. The van der Waals surface area contributed by atoms with Gasteiger partial charge in [0.15, 0.2) is 0 Å². The second-order valence-corrected chi connectivity index (χ2v) is 6.40. The molecule has 10 heteroatoms. The predicted molar refractivity (Wildman–Crippen MR) is 92.4 cm³/mol. The Kier molecular flexibility index (Phi) is 8.36. The molecule has 1 aromatic rings. The van der Waals surface area contributed by atoms with Crippen molar-refractivity contribution in [2.45, 2.75) is 31.4 Å². The van der Waals surface area contributed by atoms with E-state index in [1.807, 2.05) is 0 Å². The summed E-state index contributed by atoms with van der Waals surface area (Å²) in [4.78, 5) is 0. The molecule has 1 rings (SSSR count). The smallest absolute Gasteiger partial charge is 0.359 e. The van der Waals surface area contributed by atoms with E-state index in [9.17, 15) is 26.3 Å². The van der Waals surface area contributed by atoms with Crippen molar-refractivity contribution in [3.63, 3.8) is 0 Å². The molecule has 0 spiro atoms. The molecule has 0 unspecified atom stereocenters. The van der Waals surface area contributed by atoms with Crippen LogP contribution in [-0.2, 0) is 21.6 Å². The fourth-order valence-electron chi connectivity index (χ4n) is 2.22. The van der Waals surface area contributed by atoms with Crippen molar-refractivity contribution in [1.82, 2.24) is 5.32 Å². The highest BCUT2D eigenvalue weighted by atomic mass is 127. The first-order chi connectivity index (χ1) is 12.0. The van der Waals surface area contributed by atoms with Gasteiger partial charge >= 0.3 is 12.4 Å². The topological polar surface area (TPSA) is 30.5 Å². The van der Waals surface area contributed by atoms with E-state index >= 15 is 0 Å². The zero-order chi connectivity index (χ0) is 20.0. The van der Waals surface area contributed by atoms with Gasteiger partial charge in [-0.15, -0.1) is 0 Å². The number of methoxy groups -OCH3 is 1. The van der Waals surface area contributed by atoms with Gasteiger partial charge in [-0.1, -0.05) is 18.2 Å². The number of ether oxygens (including phenoxy) is 2. The summed E-state index contributed by atoms with van der Waals surface area (Å²) in [6.07, 6.45) is -7.93. The maximum atomic E-state index is 13.6. The van der Waals surface area contributed by atoms with Crippen LogP contribution in [0.5, 0.6) is 0 Å². The van der Waals surface area contributed by atoms with Crippen molar-refractivity contribution in [2.24, 2.45) is 0 Å². The standard InChI is InChI=1S/C16H18F6INO2/c1-3-4-7-24-9-11-5-6-13(23)12(8-11)14(15(17,18)19,16(20,21)22)26-10-25-2/h3-6,8,24H,7,9-10H2,1-2H3.